The average molecular weight is 410 g/mol. The van der Waals surface area contributed by atoms with Crippen molar-refractivity contribution in [2.45, 2.75) is 81.0 Å². The standard InChI is InChI=1S/C16H26O12/c1-16(2)27-12-11(10(25-15(12)28-16)9(21)13(22)23-3)26-14-8(20)7(19)6(18)5(4-17)24-14/h5-12,14-15,17-21H,4H2,1-3H3. The van der Waals surface area contributed by atoms with Crippen LogP contribution < -0.4 is 0 Å². The Labute approximate surface area is 160 Å². The molecular formula is C16H26O12. The van der Waals surface area contributed by atoms with Crippen molar-refractivity contribution in [3.05, 3.63) is 0 Å². The highest BCUT2D eigenvalue weighted by molar-refractivity contribution is 5.75. The van der Waals surface area contributed by atoms with Crippen LogP contribution in [-0.2, 0) is 33.2 Å². The Morgan fingerprint density at radius 2 is 1.79 bits per heavy atom. The number of carbonyl (C=O) groups is 1. The average Bonchev–Trinajstić information content (AvgIpc) is 3.13. The highest BCUT2D eigenvalue weighted by Gasteiger charge is 2.60. The van der Waals surface area contributed by atoms with E-state index in [4.69, 9.17) is 23.7 Å². The lowest BCUT2D eigenvalue weighted by molar-refractivity contribution is -0.324. The number of hydrogen-bond acceptors (Lipinski definition) is 12. The maximum absolute atomic E-state index is 11.8. The summed E-state index contributed by atoms with van der Waals surface area (Å²) >= 11 is 0. The van der Waals surface area contributed by atoms with Gasteiger partial charge in [0, 0.05) is 0 Å². The maximum Gasteiger partial charge on any atom is 0.337 e. The summed E-state index contributed by atoms with van der Waals surface area (Å²) in [6, 6.07) is 0. The second-order valence-electron chi connectivity index (χ2n) is 7.34. The van der Waals surface area contributed by atoms with Crippen molar-refractivity contribution in [2.24, 2.45) is 0 Å². The van der Waals surface area contributed by atoms with Gasteiger partial charge in [0.1, 0.15) is 42.7 Å². The van der Waals surface area contributed by atoms with Crippen molar-refractivity contribution in [3.63, 3.8) is 0 Å². The zero-order valence-corrected chi connectivity index (χ0v) is 15.6. The zero-order chi connectivity index (χ0) is 20.8. The number of carbonyl (C=O) groups excluding carboxylic acids is 1. The summed E-state index contributed by atoms with van der Waals surface area (Å²) in [6.45, 7) is 2.62. The highest BCUT2D eigenvalue weighted by Crippen LogP contribution is 2.41. The van der Waals surface area contributed by atoms with Crippen LogP contribution in [-0.4, -0.2) is 112 Å². The first-order valence-corrected chi connectivity index (χ1v) is 8.82. The van der Waals surface area contributed by atoms with E-state index in [1.165, 1.54) is 0 Å². The summed E-state index contributed by atoms with van der Waals surface area (Å²) < 4.78 is 32.4. The second kappa shape index (κ2) is 8.07. The molecule has 5 N–H and O–H groups in total. The van der Waals surface area contributed by atoms with Crippen molar-refractivity contribution in [3.8, 4) is 0 Å². The Morgan fingerprint density at radius 1 is 1.11 bits per heavy atom. The lowest BCUT2D eigenvalue weighted by atomic mass is 9.99. The minimum atomic E-state index is -1.75. The molecule has 28 heavy (non-hydrogen) atoms. The van der Waals surface area contributed by atoms with Crippen LogP contribution in [0.3, 0.4) is 0 Å². The minimum absolute atomic E-state index is 0.640. The number of aliphatic hydroxyl groups is 5. The van der Waals surface area contributed by atoms with Gasteiger partial charge < -0.3 is 54.0 Å². The van der Waals surface area contributed by atoms with Gasteiger partial charge in [0.05, 0.1) is 13.7 Å². The molecule has 0 saturated carbocycles. The Bertz CT molecular complexity index is 568. The molecule has 0 spiro atoms. The van der Waals surface area contributed by atoms with Gasteiger partial charge in [0.15, 0.2) is 24.5 Å². The van der Waals surface area contributed by atoms with Gasteiger partial charge in [0.25, 0.3) is 0 Å². The molecule has 0 amide bonds. The third-order valence-electron chi connectivity index (χ3n) is 4.92. The summed E-state index contributed by atoms with van der Waals surface area (Å²) in [5.74, 6) is -2.01. The van der Waals surface area contributed by atoms with E-state index in [1.54, 1.807) is 13.8 Å². The molecule has 0 radical (unpaired) electrons. The first-order valence-electron chi connectivity index (χ1n) is 8.82. The van der Waals surface area contributed by atoms with E-state index < -0.39 is 79.8 Å². The largest absolute Gasteiger partial charge is 0.467 e. The van der Waals surface area contributed by atoms with Crippen molar-refractivity contribution in [2.75, 3.05) is 13.7 Å². The van der Waals surface area contributed by atoms with Gasteiger partial charge in [-0.05, 0) is 13.8 Å². The van der Waals surface area contributed by atoms with Crippen LogP contribution in [0.25, 0.3) is 0 Å². The Kier molecular flexibility index (Phi) is 6.27. The van der Waals surface area contributed by atoms with Gasteiger partial charge in [-0.2, -0.15) is 0 Å². The maximum atomic E-state index is 11.8. The predicted molar refractivity (Wildman–Crippen MR) is 85.4 cm³/mol. The Morgan fingerprint density at radius 3 is 2.39 bits per heavy atom. The quantitative estimate of drug-likeness (QED) is 0.284. The van der Waals surface area contributed by atoms with E-state index in [-0.39, 0.29) is 0 Å². The van der Waals surface area contributed by atoms with Gasteiger partial charge >= 0.3 is 5.97 Å². The molecule has 3 aliphatic rings. The summed E-state index contributed by atoms with van der Waals surface area (Å²) in [6.07, 6.45) is -13.7. The van der Waals surface area contributed by atoms with Crippen LogP contribution in [0.5, 0.6) is 0 Å². The number of ether oxygens (including phenoxy) is 6. The van der Waals surface area contributed by atoms with E-state index in [9.17, 15) is 30.3 Å². The molecule has 12 heteroatoms. The predicted octanol–water partition coefficient (Wildman–Crippen LogP) is -3.42. The van der Waals surface area contributed by atoms with Crippen LogP contribution in [0, 0.1) is 0 Å². The number of esters is 1. The molecule has 0 aromatic heterocycles. The van der Waals surface area contributed by atoms with Crippen LogP contribution in [0.1, 0.15) is 13.8 Å². The molecule has 12 nitrogen and oxygen atoms in total. The van der Waals surface area contributed by atoms with E-state index in [0.717, 1.165) is 7.11 Å². The van der Waals surface area contributed by atoms with Gasteiger partial charge in [-0.15, -0.1) is 0 Å². The fraction of sp³-hybridized carbons (Fsp3) is 0.938. The van der Waals surface area contributed by atoms with E-state index in [1.807, 2.05) is 0 Å². The van der Waals surface area contributed by atoms with Crippen LogP contribution in [0.15, 0.2) is 0 Å². The molecule has 162 valence electrons. The summed E-state index contributed by atoms with van der Waals surface area (Å²) in [7, 11) is 1.09. The minimum Gasteiger partial charge on any atom is -0.467 e. The molecule has 3 aliphatic heterocycles. The molecule has 0 aromatic rings. The van der Waals surface area contributed by atoms with E-state index >= 15 is 0 Å². The van der Waals surface area contributed by atoms with E-state index in [2.05, 4.69) is 4.74 Å². The fourth-order valence-corrected chi connectivity index (χ4v) is 3.50. The number of aliphatic hydroxyl groups excluding tert-OH is 5. The third-order valence-corrected chi connectivity index (χ3v) is 4.92. The van der Waals surface area contributed by atoms with Crippen LogP contribution in [0.4, 0.5) is 0 Å². The molecule has 0 bridgehead atoms. The molecular weight excluding hydrogens is 384 g/mol. The zero-order valence-electron chi connectivity index (χ0n) is 15.6. The first kappa shape index (κ1) is 21.8. The first-order chi connectivity index (χ1) is 13.1. The monoisotopic (exact) mass is 410 g/mol. The molecule has 3 heterocycles. The van der Waals surface area contributed by atoms with Gasteiger partial charge in [-0.1, -0.05) is 0 Å². The van der Waals surface area contributed by atoms with Gasteiger partial charge in [-0.25, -0.2) is 4.79 Å². The van der Waals surface area contributed by atoms with Crippen molar-refractivity contribution < 1.29 is 58.7 Å². The summed E-state index contributed by atoms with van der Waals surface area (Å²) in [5.41, 5.74) is 0. The molecule has 3 rings (SSSR count). The SMILES string of the molecule is COC(=O)C(O)C1OC2OC(C)(C)OC2C1OC1OC(CO)C(O)C(O)C1O. The van der Waals surface area contributed by atoms with Gasteiger partial charge in [-0.3, -0.25) is 0 Å². The van der Waals surface area contributed by atoms with Crippen LogP contribution >= 0.6 is 0 Å². The second-order valence-corrected chi connectivity index (χ2v) is 7.34. The fourth-order valence-electron chi connectivity index (χ4n) is 3.50. The molecule has 10 unspecified atom stereocenters. The summed E-state index contributed by atoms with van der Waals surface area (Å²) in [4.78, 5) is 11.8. The number of fused-ring (bicyclic) bond motifs is 1. The van der Waals surface area contributed by atoms with Crippen molar-refractivity contribution in [1.29, 1.82) is 0 Å². The summed E-state index contributed by atoms with van der Waals surface area (Å²) in [5, 5.41) is 49.5. The molecule has 3 saturated heterocycles. The normalized spacial score (nSPS) is 46.2. The van der Waals surface area contributed by atoms with Crippen LogP contribution in [0.2, 0.25) is 0 Å². The molecule has 3 fully saturated rings. The number of methoxy groups -OCH3 is 1. The Hall–Kier alpha value is -0.930. The van der Waals surface area contributed by atoms with Crippen molar-refractivity contribution >= 4 is 5.97 Å². The lowest BCUT2D eigenvalue weighted by Gasteiger charge is -2.41. The molecule has 10 atom stereocenters. The van der Waals surface area contributed by atoms with Crippen molar-refractivity contribution in [1.82, 2.24) is 0 Å². The van der Waals surface area contributed by atoms with E-state index in [0.29, 0.717) is 0 Å². The number of rotatable bonds is 5. The smallest absolute Gasteiger partial charge is 0.337 e. The topological polar surface area (TPSA) is 174 Å². The number of hydrogen-bond donors (Lipinski definition) is 5. The highest BCUT2D eigenvalue weighted by atomic mass is 16.9. The lowest BCUT2D eigenvalue weighted by Crippen LogP contribution is -2.61. The molecule has 0 aliphatic carbocycles. The third kappa shape index (κ3) is 3.89. The Balaban J connectivity index is 1.81. The van der Waals surface area contributed by atoms with Gasteiger partial charge in [0.2, 0.25) is 0 Å². The molecule has 0 aromatic carbocycles.